The number of nitrogens with zero attached hydrogens (tertiary/aromatic N) is 1. The molecule has 4 rings (SSSR count). The summed E-state index contributed by atoms with van der Waals surface area (Å²) in [5, 5.41) is 2.94. The van der Waals surface area contributed by atoms with Crippen LogP contribution in [0.2, 0.25) is 0 Å². The number of hydrogen-bond donors (Lipinski definition) is 1. The Morgan fingerprint density at radius 1 is 0.966 bits per heavy atom. The van der Waals surface area contributed by atoms with Crippen LogP contribution in [0.5, 0.6) is 0 Å². The summed E-state index contributed by atoms with van der Waals surface area (Å²) in [4.78, 5) is 27.8. The lowest BCUT2D eigenvalue weighted by molar-refractivity contribution is -0.130. The summed E-state index contributed by atoms with van der Waals surface area (Å²) >= 11 is 0. The third kappa shape index (κ3) is 5.45. The minimum atomic E-state index is -0.933. The molecule has 0 unspecified atom stereocenters. The summed E-state index contributed by atoms with van der Waals surface area (Å²) in [7, 11) is 0. The Hall–Kier alpha value is -2.66. The highest BCUT2D eigenvalue weighted by atomic mass is 16.5. The molecule has 1 saturated heterocycles. The molecule has 1 aliphatic carbocycles. The van der Waals surface area contributed by atoms with E-state index in [1.165, 1.54) is 24.8 Å². The summed E-state index contributed by atoms with van der Waals surface area (Å²) in [6, 6.07) is 16.9. The first-order valence-corrected chi connectivity index (χ1v) is 10.6. The van der Waals surface area contributed by atoms with Gasteiger partial charge < -0.3 is 10.1 Å². The predicted octanol–water partition coefficient (Wildman–Crippen LogP) is 3.85. The zero-order chi connectivity index (χ0) is 20.1. The number of amides is 1. The summed E-state index contributed by atoms with van der Waals surface area (Å²) in [6.07, 6.45) is 4.87. The van der Waals surface area contributed by atoms with Gasteiger partial charge in [0, 0.05) is 18.2 Å². The van der Waals surface area contributed by atoms with Gasteiger partial charge in [-0.05, 0) is 56.5 Å². The second-order valence-corrected chi connectivity index (χ2v) is 8.01. The van der Waals surface area contributed by atoms with E-state index in [0.717, 1.165) is 32.5 Å². The lowest BCUT2D eigenvalue weighted by Gasteiger charge is -2.26. The van der Waals surface area contributed by atoms with Gasteiger partial charge >= 0.3 is 5.97 Å². The Labute approximate surface area is 172 Å². The Kier molecular flexibility index (Phi) is 6.25. The monoisotopic (exact) mass is 392 g/mol. The average Bonchev–Trinajstić information content (AvgIpc) is 3.57. The zero-order valence-electron chi connectivity index (χ0n) is 16.7. The SMILES string of the molecule is O=C(O[C@@H](C(=O)NC1CC1)c1ccccc1)c1ccc(CN2CCCCC2)cc1. The first-order valence-electron chi connectivity index (χ1n) is 10.6. The number of nitrogens with one attached hydrogen (secondary N) is 1. The lowest BCUT2D eigenvalue weighted by Crippen LogP contribution is -2.33. The standard InChI is InChI=1S/C24H28N2O3/c27-23(25-21-13-14-21)22(19-7-3-1-4-8-19)29-24(28)20-11-9-18(10-12-20)17-26-15-5-2-6-16-26/h1,3-4,7-12,21-22H,2,5-6,13-17H2,(H,25,27)/t22-/m1/s1. The fourth-order valence-electron chi connectivity index (χ4n) is 3.70. The second-order valence-electron chi connectivity index (χ2n) is 8.01. The molecule has 1 amide bonds. The minimum absolute atomic E-state index is 0.210. The molecule has 5 heteroatoms. The van der Waals surface area contributed by atoms with Crippen molar-refractivity contribution in [2.45, 2.75) is 50.8 Å². The first kappa shape index (κ1) is 19.6. The van der Waals surface area contributed by atoms with Crippen molar-refractivity contribution < 1.29 is 14.3 Å². The third-order valence-electron chi connectivity index (χ3n) is 5.53. The fourth-order valence-corrected chi connectivity index (χ4v) is 3.70. The molecule has 5 nitrogen and oxygen atoms in total. The highest BCUT2D eigenvalue weighted by Crippen LogP contribution is 2.24. The van der Waals surface area contributed by atoms with Gasteiger partial charge in [-0.2, -0.15) is 0 Å². The lowest BCUT2D eigenvalue weighted by atomic mass is 10.1. The van der Waals surface area contributed by atoms with Gasteiger partial charge in [0.25, 0.3) is 5.91 Å². The number of carbonyl (C=O) groups is 2. The third-order valence-corrected chi connectivity index (χ3v) is 5.53. The molecule has 1 atom stereocenters. The van der Waals surface area contributed by atoms with E-state index in [0.29, 0.717) is 11.1 Å². The molecule has 2 aliphatic rings. The zero-order valence-corrected chi connectivity index (χ0v) is 16.7. The van der Waals surface area contributed by atoms with Crippen molar-refractivity contribution in [1.82, 2.24) is 10.2 Å². The van der Waals surface area contributed by atoms with Crippen LogP contribution in [0.15, 0.2) is 54.6 Å². The topological polar surface area (TPSA) is 58.6 Å². The molecule has 2 fully saturated rings. The second kappa shape index (κ2) is 9.23. The van der Waals surface area contributed by atoms with Crippen LogP contribution in [0.4, 0.5) is 0 Å². The molecule has 152 valence electrons. The van der Waals surface area contributed by atoms with Crippen molar-refractivity contribution >= 4 is 11.9 Å². The van der Waals surface area contributed by atoms with Crippen molar-refractivity contribution in [2.24, 2.45) is 0 Å². The molecule has 0 bridgehead atoms. The molecule has 2 aromatic rings. The highest BCUT2D eigenvalue weighted by molar-refractivity contribution is 5.92. The predicted molar refractivity (Wildman–Crippen MR) is 111 cm³/mol. The van der Waals surface area contributed by atoms with Gasteiger partial charge in [0.15, 0.2) is 0 Å². The van der Waals surface area contributed by atoms with Crippen LogP contribution in [-0.2, 0) is 16.1 Å². The smallest absolute Gasteiger partial charge is 0.339 e. The molecule has 0 aromatic heterocycles. The van der Waals surface area contributed by atoms with Crippen molar-refractivity contribution in [2.75, 3.05) is 13.1 Å². The Morgan fingerprint density at radius 2 is 1.66 bits per heavy atom. The Morgan fingerprint density at radius 3 is 2.31 bits per heavy atom. The van der Waals surface area contributed by atoms with E-state index < -0.39 is 12.1 Å². The van der Waals surface area contributed by atoms with Crippen molar-refractivity contribution in [3.8, 4) is 0 Å². The maximum atomic E-state index is 12.7. The number of hydrogen-bond acceptors (Lipinski definition) is 4. The Bertz CT molecular complexity index is 825. The van der Waals surface area contributed by atoms with Gasteiger partial charge in [0.2, 0.25) is 6.10 Å². The number of piperidine rings is 1. The molecule has 29 heavy (non-hydrogen) atoms. The van der Waals surface area contributed by atoms with Gasteiger partial charge in [0.1, 0.15) is 0 Å². The van der Waals surface area contributed by atoms with Gasteiger partial charge in [-0.1, -0.05) is 48.9 Å². The maximum Gasteiger partial charge on any atom is 0.339 e. The van der Waals surface area contributed by atoms with Crippen molar-refractivity contribution in [1.29, 1.82) is 0 Å². The molecular weight excluding hydrogens is 364 g/mol. The molecule has 2 aromatic carbocycles. The van der Waals surface area contributed by atoms with E-state index in [9.17, 15) is 9.59 Å². The number of likely N-dealkylation sites (tertiary alicyclic amines) is 1. The Balaban J connectivity index is 1.41. The van der Waals surface area contributed by atoms with Crippen LogP contribution in [0.3, 0.4) is 0 Å². The van der Waals surface area contributed by atoms with E-state index in [-0.39, 0.29) is 11.9 Å². The molecular formula is C24H28N2O3. The van der Waals surface area contributed by atoms with Crippen LogP contribution in [0.25, 0.3) is 0 Å². The van der Waals surface area contributed by atoms with E-state index in [2.05, 4.69) is 10.2 Å². The van der Waals surface area contributed by atoms with Crippen LogP contribution in [0.1, 0.15) is 59.7 Å². The molecule has 1 saturated carbocycles. The molecule has 1 N–H and O–H groups in total. The normalized spacial score (nSPS) is 18.1. The molecule has 0 spiro atoms. The fraction of sp³-hybridized carbons (Fsp3) is 0.417. The number of rotatable bonds is 7. The van der Waals surface area contributed by atoms with E-state index >= 15 is 0 Å². The molecule has 0 radical (unpaired) electrons. The number of esters is 1. The quantitative estimate of drug-likeness (QED) is 0.727. The first-order chi connectivity index (χ1) is 14.2. The highest BCUT2D eigenvalue weighted by Gasteiger charge is 2.31. The summed E-state index contributed by atoms with van der Waals surface area (Å²) in [6.45, 7) is 3.18. The molecule has 1 aliphatic heterocycles. The molecule has 1 heterocycles. The van der Waals surface area contributed by atoms with Crippen LogP contribution in [-0.4, -0.2) is 35.9 Å². The van der Waals surface area contributed by atoms with Crippen LogP contribution < -0.4 is 5.32 Å². The summed E-state index contributed by atoms with van der Waals surface area (Å²) in [5.41, 5.74) is 2.34. The van der Waals surface area contributed by atoms with Gasteiger partial charge in [-0.15, -0.1) is 0 Å². The summed E-state index contributed by atoms with van der Waals surface area (Å²) < 4.78 is 5.64. The largest absolute Gasteiger partial charge is 0.444 e. The van der Waals surface area contributed by atoms with Gasteiger partial charge in [-0.25, -0.2) is 4.79 Å². The number of benzene rings is 2. The van der Waals surface area contributed by atoms with Gasteiger partial charge in [-0.3, -0.25) is 9.69 Å². The minimum Gasteiger partial charge on any atom is -0.444 e. The van der Waals surface area contributed by atoms with Crippen molar-refractivity contribution in [3.05, 3.63) is 71.3 Å². The summed E-state index contributed by atoms with van der Waals surface area (Å²) in [5.74, 6) is -0.733. The number of carbonyl (C=O) groups excluding carboxylic acids is 2. The van der Waals surface area contributed by atoms with Crippen molar-refractivity contribution in [3.63, 3.8) is 0 Å². The maximum absolute atomic E-state index is 12.7. The van der Waals surface area contributed by atoms with Gasteiger partial charge in [0.05, 0.1) is 5.56 Å². The van der Waals surface area contributed by atoms with Crippen LogP contribution >= 0.6 is 0 Å². The average molecular weight is 392 g/mol. The number of ether oxygens (including phenoxy) is 1. The van der Waals surface area contributed by atoms with E-state index in [1.54, 1.807) is 12.1 Å². The van der Waals surface area contributed by atoms with E-state index in [4.69, 9.17) is 4.74 Å². The van der Waals surface area contributed by atoms with E-state index in [1.807, 2.05) is 42.5 Å². The van der Waals surface area contributed by atoms with Crippen LogP contribution in [0, 0.1) is 0 Å².